The van der Waals surface area contributed by atoms with Gasteiger partial charge in [-0.2, -0.15) is 0 Å². The maximum atomic E-state index is 12.9. The molecule has 1 amide bonds. The molecule has 18 heavy (non-hydrogen) atoms. The van der Waals surface area contributed by atoms with Crippen molar-refractivity contribution in [2.75, 3.05) is 0 Å². The van der Waals surface area contributed by atoms with Crippen LogP contribution in [-0.2, 0) is 16.1 Å². The van der Waals surface area contributed by atoms with Gasteiger partial charge in [0.15, 0.2) is 0 Å². The molecule has 1 aromatic rings. The maximum absolute atomic E-state index is 12.9. The normalized spacial score (nSPS) is 21.4. The largest absolute Gasteiger partial charge is 0.481 e. The molecule has 0 radical (unpaired) electrons. The molecule has 96 valence electrons. The summed E-state index contributed by atoms with van der Waals surface area (Å²) in [4.78, 5) is 22.1. The third-order valence-electron chi connectivity index (χ3n) is 2.83. The van der Waals surface area contributed by atoms with Crippen LogP contribution in [0.1, 0.15) is 12.0 Å². The highest BCUT2D eigenvalue weighted by molar-refractivity contribution is 5.89. The summed E-state index contributed by atoms with van der Waals surface area (Å²) in [6, 6.07) is 2.97. The van der Waals surface area contributed by atoms with Gasteiger partial charge in [-0.05, 0) is 24.1 Å². The summed E-state index contributed by atoms with van der Waals surface area (Å²) < 4.78 is 25.7. The fourth-order valence-corrected chi connectivity index (χ4v) is 1.79. The summed E-state index contributed by atoms with van der Waals surface area (Å²) in [7, 11) is 0. The molecule has 4 nitrogen and oxygen atoms in total. The summed E-state index contributed by atoms with van der Waals surface area (Å²) in [5.74, 6) is -3.97. The van der Waals surface area contributed by atoms with Crippen molar-refractivity contribution in [1.29, 1.82) is 0 Å². The minimum absolute atomic E-state index is 0.0175. The van der Waals surface area contributed by atoms with Gasteiger partial charge in [0.2, 0.25) is 5.91 Å². The maximum Gasteiger partial charge on any atom is 0.307 e. The number of hydrogen-bond acceptors (Lipinski definition) is 2. The molecule has 1 fully saturated rings. The molecule has 0 saturated heterocycles. The Labute approximate surface area is 102 Å². The van der Waals surface area contributed by atoms with Crippen LogP contribution in [0.2, 0.25) is 0 Å². The number of amides is 1. The van der Waals surface area contributed by atoms with Gasteiger partial charge in [-0.15, -0.1) is 0 Å². The second-order valence-electron chi connectivity index (χ2n) is 4.28. The molecule has 0 aromatic heterocycles. The first-order valence-corrected chi connectivity index (χ1v) is 5.43. The molecule has 0 aliphatic heterocycles. The van der Waals surface area contributed by atoms with Crippen molar-refractivity contribution in [3.8, 4) is 0 Å². The number of aliphatic carboxylic acids is 1. The van der Waals surface area contributed by atoms with Crippen LogP contribution in [0.25, 0.3) is 0 Å². The third kappa shape index (κ3) is 2.82. The second-order valence-corrected chi connectivity index (χ2v) is 4.28. The predicted octanol–water partition coefficient (Wildman–Crippen LogP) is 1.30. The summed E-state index contributed by atoms with van der Waals surface area (Å²) in [5, 5.41) is 11.1. The molecule has 1 aromatic carbocycles. The number of rotatable bonds is 4. The number of halogens is 2. The highest BCUT2D eigenvalue weighted by Gasteiger charge is 2.48. The summed E-state index contributed by atoms with van der Waals surface area (Å²) in [5.41, 5.74) is 0.299. The number of carbonyl (C=O) groups is 2. The minimum Gasteiger partial charge on any atom is -0.481 e. The number of hydrogen-bond donors (Lipinski definition) is 2. The SMILES string of the molecule is O=C(O)[C@@H]1C[C@H]1C(=O)NCc1cc(F)cc(F)c1. The predicted molar refractivity (Wildman–Crippen MR) is 57.4 cm³/mol. The lowest BCUT2D eigenvalue weighted by atomic mass is 10.2. The first-order valence-electron chi connectivity index (χ1n) is 5.43. The van der Waals surface area contributed by atoms with E-state index in [1.54, 1.807) is 0 Å². The quantitative estimate of drug-likeness (QED) is 0.852. The average Bonchev–Trinajstić information content (AvgIpc) is 3.04. The summed E-state index contributed by atoms with van der Waals surface area (Å²) in [6.45, 7) is -0.0175. The minimum atomic E-state index is -0.994. The van der Waals surface area contributed by atoms with Crippen LogP contribution < -0.4 is 5.32 Å². The van der Waals surface area contributed by atoms with Gasteiger partial charge in [0, 0.05) is 12.6 Å². The van der Waals surface area contributed by atoms with Crippen LogP contribution in [0.3, 0.4) is 0 Å². The molecule has 6 heteroatoms. The van der Waals surface area contributed by atoms with Gasteiger partial charge in [0.1, 0.15) is 11.6 Å². The Bertz CT molecular complexity index is 484. The molecule has 0 heterocycles. The molecule has 1 saturated carbocycles. The van der Waals surface area contributed by atoms with E-state index in [1.165, 1.54) is 0 Å². The Kier molecular flexibility index (Phi) is 3.27. The van der Waals surface area contributed by atoms with Crippen LogP contribution in [-0.4, -0.2) is 17.0 Å². The molecule has 2 rings (SSSR count). The highest BCUT2D eigenvalue weighted by Crippen LogP contribution is 2.38. The summed E-state index contributed by atoms with van der Waals surface area (Å²) in [6.07, 6.45) is 0.318. The third-order valence-corrected chi connectivity index (χ3v) is 2.83. The molecule has 2 N–H and O–H groups in total. The average molecular weight is 255 g/mol. The topological polar surface area (TPSA) is 66.4 Å². The van der Waals surface area contributed by atoms with Gasteiger partial charge >= 0.3 is 5.97 Å². The van der Waals surface area contributed by atoms with Crippen LogP contribution in [0.15, 0.2) is 18.2 Å². The monoisotopic (exact) mass is 255 g/mol. The van der Waals surface area contributed by atoms with E-state index < -0.39 is 35.3 Å². The van der Waals surface area contributed by atoms with E-state index >= 15 is 0 Å². The number of benzene rings is 1. The van der Waals surface area contributed by atoms with Crippen molar-refractivity contribution in [3.05, 3.63) is 35.4 Å². The van der Waals surface area contributed by atoms with Gasteiger partial charge in [-0.25, -0.2) is 8.78 Å². The van der Waals surface area contributed by atoms with Crippen molar-refractivity contribution in [2.45, 2.75) is 13.0 Å². The van der Waals surface area contributed by atoms with Crippen LogP contribution >= 0.6 is 0 Å². The zero-order valence-corrected chi connectivity index (χ0v) is 9.32. The van der Waals surface area contributed by atoms with Crippen molar-refractivity contribution < 1.29 is 23.5 Å². The van der Waals surface area contributed by atoms with E-state index in [1.807, 2.05) is 0 Å². The Hall–Kier alpha value is -1.98. The molecule has 0 spiro atoms. The molecule has 1 aliphatic carbocycles. The fraction of sp³-hybridized carbons (Fsp3) is 0.333. The Morgan fingerprint density at radius 1 is 1.22 bits per heavy atom. The van der Waals surface area contributed by atoms with Crippen LogP contribution in [0.5, 0.6) is 0 Å². The van der Waals surface area contributed by atoms with E-state index in [0.717, 1.165) is 18.2 Å². The van der Waals surface area contributed by atoms with Gasteiger partial charge in [0.05, 0.1) is 11.8 Å². The molecular weight excluding hydrogens is 244 g/mol. The van der Waals surface area contributed by atoms with Gasteiger partial charge < -0.3 is 10.4 Å². The van der Waals surface area contributed by atoms with E-state index in [0.29, 0.717) is 12.0 Å². The number of nitrogens with one attached hydrogen (secondary N) is 1. The van der Waals surface area contributed by atoms with Crippen molar-refractivity contribution in [2.24, 2.45) is 11.8 Å². The zero-order chi connectivity index (χ0) is 13.3. The molecule has 0 bridgehead atoms. The van der Waals surface area contributed by atoms with Crippen molar-refractivity contribution in [1.82, 2.24) is 5.32 Å². The lowest BCUT2D eigenvalue weighted by Gasteiger charge is -2.05. The number of carbonyl (C=O) groups excluding carboxylic acids is 1. The van der Waals surface area contributed by atoms with E-state index in [9.17, 15) is 18.4 Å². The lowest BCUT2D eigenvalue weighted by molar-refractivity contribution is -0.140. The van der Waals surface area contributed by atoms with Gasteiger partial charge in [0.25, 0.3) is 0 Å². The van der Waals surface area contributed by atoms with Crippen molar-refractivity contribution in [3.63, 3.8) is 0 Å². The first-order chi connectivity index (χ1) is 8.47. The lowest BCUT2D eigenvalue weighted by Crippen LogP contribution is -2.26. The van der Waals surface area contributed by atoms with E-state index in [4.69, 9.17) is 5.11 Å². The van der Waals surface area contributed by atoms with E-state index in [2.05, 4.69) is 5.32 Å². The molecular formula is C12H11F2NO3. The molecule has 2 atom stereocenters. The highest BCUT2D eigenvalue weighted by atomic mass is 19.1. The van der Waals surface area contributed by atoms with E-state index in [-0.39, 0.29) is 6.54 Å². The Morgan fingerprint density at radius 3 is 2.33 bits per heavy atom. The summed E-state index contributed by atoms with van der Waals surface area (Å²) >= 11 is 0. The smallest absolute Gasteiger partial charge is 0.307 e. The number of carboxylic acids is 1. The fourth-order valence-electron chi connectivity index (χ4n) is 1.79. The molecule has 0 unspecified atom stereocenters. The second kappa shape index (κ2) is 4.72. The zero-order valence-electron chi connectivity index (χ0n) is 9.32. The van der Waals surface area contributed by atoms with Gasteiger partial charge in [-0.1, -0.05) is 0 Å². The Balaban J connectivity index is 1.88. The Morgan fingerprint density at radius 2 is 1.83 bits per heavy atom. The molecule has 1 aliphatic rings. The number of carboxylic acid groups (broad SMARTS) is 1. The van der Waals surface area contributed by atoms with Crippen molar-refractivity contribution >= 4 is 11.9 Å². The van der Waals surface area contributed by atoms with Crippen LogP contribution in [0.4, 0.5) is 8.78 Å². The standard InChI is InChI=1S/C12H11F2NO3/c13-7-1-6(2-8(14)3-7)5-15-11(16)9-4-10(9)12(17)18/h1-3,9-10H,4-5H2,(H,15,16)(H,17,18)/t9-,10-/m1/s1. The van der Waals surface area contributed by atoms with Crippen LogP contribution in [0, 0.1) is 23.5 Å². The van der Waals surface area contributed by atoms with Gasteiger partial charge in [-0.3, -0.25) is 9.59 Å². The first kappa shape index (κ1) is 12.5.